The van der Waals surface area contributed by atoms with Crippen molar-refractivity contribution in [2.75, 3.05) is 24.3 Å². The molecule has 1 aliphatic carbocycles. The summed E-state index contributed by atoms with van der Waals surface area (Å²) in [5.41, 5.74) is 9.21. The van der Waals surface area contributed by atoms with Gasteiger partial charge in [0.15, 0.2) is 16.9 Å². The van der Waals surface area contributed by atoms with E-state index in [1.54, 1.807) is 5.38 Å². The van der Waals surface area contributed by atoms with Crippen molar-refractivity contribution >= 4 is 57.8 Å². The molecule has 3 aliphatic rings. The van der Waals surface area contributed by atoms with E-state index in [1.807, 2.05) is 115 Å². The van der Waals surface area contributed by atoms with Crippen molar-refractivity contribution in [3.8, 4) is 0 Å². The number of rotatable bonds is 17. The molecule has 65 heavy (non-hydrogen) atoms. The quantitative estimate of drug-likeness (QED) is 0.0270. The molecule has 3 amide bonds. The lowest BCUT2D eigenvalue weighted by Crippen LogP contribution is -2.71. The summed E-state index contributed by atoms with van der Waals surface area (Å²) in [6.07, 6.45) is 0.165. The number of carbonyl (C=O) groups is 4. The Kier molecular flexibility index (Phi) is 12.7. The topological polar surface area (TPSA) is 175 Å². The van der Waals surface area contributed by atoms with Crippen LogP contribution in [0.5, 0.6) is 0 Å². The fourth-order valence-electron chi connectivity index (χ4n) is 7.98. The second-order valence-corrected chi connectivity index (χ2v) is 17.7. The van der Waals surface area contributed by atoms with E-state index in [0.717, 1.165) is 29.5 Å². The van der Waals surface area contributed by atoms with Crippen molar-refractivity contribution in [2.45, 2.75) is 35.9 Å². The van der Waals surface area contributed by atoms with Gasteiger partial charge in [-0.3, -0.25) is 14.5 Å². The number of nitrogens with one attached hydrogen (secondary N) is 2. The molecule has 0 spiro atoms. The number of primary amides is 1. The highest BCUT2D eigenvalue weighted by Gasteiger charge is 2.55. The Morgan fingerprint density at radius 3 is 1.86 bits per heavy atom. The molecule has 4 N–H and O–H groups in total. The maximum atomic E-state index is 14.4. The summed E-state index contributed by atoms with van der Waals surface area (Å²) in [6, 6.07) is 47.7. The molecule has 2 atom stereocenters. The van der Waals surface area contributed by atoms with Gasteiger partial charge in [0, 0.05) is 16.7 Å². The van der Waals surface area contributed by atoms with Crippen LogP contribution in [0.15, 0.2) is 173 Å². The van der Waals surface area contributed by atoms with E-state index in [2.05, 4.69) is 52.2 Å². The second-order valence-electron chi connectivity index (χ2n) is 15.7. The molecule has 6 aromatic rings. The molecule has 2 aliphatic heterocycles. The molecule has 0 unspecified atom stereocenters. The summed E-state index contributed by atoms with van der Waals surface area (Å²) >= 11 is 2.61. The molecule has 9 rings (SSSR count). The number of oxime groups is 1. The molecular formula is C50H44N6O7S2. The van der Waals surface area contributed by atoms with Crippen molar-refractivity contribution in [2.24, 2.45) is 16.8 Å². The van der Waals surface area contributed by atoms with Crippen LogP contribution in [0.2, 0.25) is 0 Å². The van der Waals surface area contributed by atoms with Crippen molar-refractivity contribution in [1.29, 1.82) is 0 Å². The predicted molar refractivity (Wildman–Crippen MR) is 249 cm³/mol. The van der Waals surface area contributed by atoms with Crippen LogP contribution >= 0.6 is 23.1 Å². The molecule has 2 fully saturated rings. The summed E-state index contributed by atoms with van der Waals surface area (Å²) in [7, 11) is 0. The number of thiazole rings is 1. The molecule has 0 bridgehead atoms. The monoisotopic (exact) mass is 904 g/mol. The molecule has 5 aromatic carbocycles. The Bertz CT molecular complexity index is 2580. The van der Waals surface area contributed by atoms with Gasteiger partial charge < -0.3 is 30.7 Å². The van der Waals surface area contributed by atoms with E-state index in [0.29, 0.717) is 34.4 Å². The number of ether oxygens (including phenoxy) is 2. The minimum absolute atomic E-state index is 0.0713. The number of esters is 1. The van der Waals surface area contributed by atoms with E-state index in [1.165, 1.54) is 28.0 Å². The number of nitrogens with zero attached hydrogens (tertiary/aromatic N) is 3. The molecule has 1 saturated carbocycles. The Morgan fingerprint density at radius 1 is 0.800 bits per heavy atom. The zero-order valence-corrected chi connectivity index (χ0v) is 36.6. The second kappa shape index (κ2) is 19.3. The first-order valence-corrected chi connectivity index (χ1v) is 23.0. The Hall–Kier alpha value is -7.23. The Morgan fingerprint density at radius 2 is 1.34 bits per heavy atom. The number of amides is 3. The van der Waals surface area contributed by atoms with Crippen LogP contribution in [0.4, 0.5) is 9.93 Å². The van der Waals surface area contributed by atoms with Crippen LogP contribution in [-0.4, -0.2) is 69.9 Å². The summed E-state index contributed by atoms with van der Waals surface area (Å²) in [4.78, 5) is 66.6. The summed E-state index contributed by atoms with van der Waals surface area (Å²) in [6.45, 7) is -0.00376. The number of carbonyl (C=O) groups excluding carboxylic acids is 4. The minimum Gasteiger partial charge on any atom is -0.448 e. The summed E-state index contributed by atoms with van der Waals surface area (Å²) in [5.74, 6) is -1.52. The molecule has 1 aromatic heterocycles. The first kappa shape index (κ1) is 43.0. The highest BCUT2D eigenvalue weighted by Crippen LogP contribution is 2.43. The zero-order chi connectivity index (χ0) is 44.8. The number of benzene rings is 5. The number of nitrogens with two attached hydrogens (primary N) is 1. The lowest BCUT2D eigenvalue weighted by Gasteiger charge is -2.49. The number of aromatic nitrogens is 1. The van der Waals surface area contributed by atoms with Gasteiger partial charge in [0.05, 0.1) is 0 Å². The van der Waals surface area contributed by atoms with Gasteiger partial charge in [-0.05, 0) is 46.6 Å². The first-order valence-electron chi connectivity index (χ1n) is 21.1. The zero-order valence-electron chi connectivity index (χ0n) is 34.9. The number of thioether (sulfide) groups is 1. The van der Waals surface area contributed by atoms with Crippen molar-refractivity contribution in [3.63, 3.8) is 0 Å². The average Bonchev–Trinajstić information content (AvgIpc) is 4.07. The lowest BCUT2D eigenvalue weighted by molar-refractivity contribution is -0.154. The average molecular weight is 905 g/mol. The number of hydrogen-bond acceptors (Lipinski definition) is 12. The first-order chi connectivity index (χ1) is 31.8. The van der Waals surface area contributed by atoms with Gasteiger partial charge in [-0.2, -0.15) is 0 Å². The van der Waals surface area contributed by atoms with Gasteiger partial charge in [0.25, 0.3) is 11.8 Å². The van der Waals surface area contributed by atoms with Crippen LogP contribution in [0.1, 0.15) is 52.5 Å². The van der Waals surface area contributed by atoms with Crippen LogP contribution in [-0.2, 0) is 34.2 Å². The highest BCUT2D eigenvalue weighted by molar-refractivity contribution is 8.00. The van der Waals surface area contributed by atoms with Gasteiger partial charge >= 0.3 is 12.1 Å². The Labute approximate surface area is 383 Å². The van der Waals surface area contributed by atoms with Crippen LogP contribution < -0.4 is 16.4 Å². The van der Waals surface area contributed by atoms with E-state index in [9.17, 15) is 19.2 Å². The smallest absolute Gasteiger partial charge is 0.404 e. The van der Waals surface area contributed by atoms with E-state index in [4.69, 9.17) is 25.0 Å². The number of anilines is 1. The Balaban J connectivity index is 0.993. The molecule has 0 radical (unpaired) electrons. The van der Waals surface area contributed by atoms with Crippen LogP contribution in [0.3, 0.4) is 0 Å². The van der Waals surface area contributed by atoms with Gasteiger partial charge in [-0.1, -0.05) is 157 Å². The fraction of sp³-hybridized carbons (Fsp3) is 0.200. The molecule has 3 heterocycles. The summed E-state index contributed by atoms with van der Waals surface area (Å²) in [5, 5.41) is 12.5. The molecule has 1 saturated heterocycles. The number of β-lactam (4-membered cyclic amide) rings is 1. The normalized spacial score (nSPS) is 17.2. The van der Waals surface area contributed by atoms with Gasteiger partial charge in [-0.15, -0.1) is 23.1 Å². The molecule has 328 valence electrons. The maximum Gasteiger partial charge on any atom is 0.404 e. The third-order valence-corrected chi connectivity index (χ3v) is 13.5. The largest absolute Gasteiger partial charge is 0.448 e. The van der Waals surface area contributed by atoms with Gasteiger partial charge in [0.1, 0.15) is 41.6 Å². The third kappa shape index (κ3) is 9.24. The standard InChI is InChI=1S/C50H44N6O7S2/c51-48(60)61-29-35-30-64-46-41(45(58)56(46)42(35)47(59)63-43(33-16-6-1-7-17-33)34-18-8-2-9-19-34)53-44(57)40(55-62-28-32-26-27-32)39-31-65-49(52-39)54-50(36-20-10-3-11-21-36,37-22-12-4-13-23-37)38-24-14-5-15-25-38/h1-25,31-32,41,43,46H,26-30H2,(H2,51,60)(H,52,54)(H,53,57)/b55-40+/t41-,46-/m1/s1. The number of fused-ring (bicyclic) bond motifs is 1. The van der Waals surface area contributed by atoms with Gasteiger partial charge in [-0.25, -0.2) is 14.6 Å². The third-order valence-electron chi connectivity index (χ3n) is 11.4. The van der Waals surface area contributed by atoms with Crippen molar-refractivity contribution < 1.29 is 33.5 Å². The van der Waals surface area contributed by atoms with E-state index >= 15 is 0 Å². The van der Waals surface area contributed by atoms with Crippen molar-refractivity contribution in [1.82, 2.24) is 15.2 Å². The van der Waals surface area contributed by atoms with Crippen LogP contribution in [0.25, 0.3) is 0 Å². The van der Waals surface area contributed by atoms with E-state index in [-0.39, 0.29) is 29.5 Å². The molecule has 15 heteroatoms. The van der Waals surface area contributed by atoms with Crippen molar-refractivity contribution in [3.05, 3.63) is 202 Å². The SMILES string of the molecule is NC(=O)OCC1=C(C(=O)OC(c2ccccc2)c2ccccc2)N2C(=O)[C@@H](NC(=O)/C(=N/OCC3CC3)c3csc(NC(c4ccccc4)(c4ccccc4)c4ccccc4)n3)[C@H]2SC1. The fourth-order valence-corrected chi connectivity index (χ4v) is 10.1. The molecular weight excluding hydrogens is 861 g/mol. The minimum atomic E-state index is -1.06. The highest BCUT2D eigenvalue weighted by atomic mass is 32.2. The lowest BCUT2D eigenvalue weighted by atomic mass is 9.77. The van der Waals surface area contributed by atoms with Gasteiger partial charge in [0.2, 0.25) is 0 Å². The maximum absolute atomic E-state index is 14.4. The summed E-state index contributed by atoms with van der Waals surface area (Å²) < 4.78 is 11.3. The van der Waals surface area contributed by atoms with E-state index < -0.39 is 46.9 Å². The molecule has 13 nitrogen and oxygen atoms in total. The number of hydrogen-bond donors (Lipinski definition) is 3. The predicted octanol–water partition coefficient (Wildman–Crippen LogP) is 7.76. The van der Waals surface area contributed by atoms with Crippen LogP contribution in [0, 0.1) is 5.92 Å².